The molecule has 9 atom stereocenters. The van der Waals surface area contributed by atoms with Gasteiger partial charge in [0.15, 0.2) is 0 Å². The number of nitrogens with two attached hydrogens (primary N) is 3. The smallest absolute Gasteiger partial charge is 0.326 e. The molecule has 0 unspecified atom stereocenters. The molecule has 0 aliphatic carbocycles. The third-order valence-corrected chi connectivity index (χ3v) is 13.7. The first-order valence-electron chi connectivity index (χ1n) is 26.6. The fourth-order valence-electron chi connectivity index (χ4n) is 8.46. The second kappa shape index (κ2) is 34.5. The summed E-state index contributed by atoms with van der Waals surface area (Å²) in [6, 6.07) is 9.39. The lowest BCUT2D eigenvalue weighted by atomic mass is 10.0. The minimum Gasteiger partial charge on any atom is -0.481 e. The number of amides is 10. The predicted octanol–water partition coefficient (Wildman–Crippen LogP) is -3.38. The molecule has 0 saturated carbocycles. The predicted molar refractivity (Wildman–Crippen MR) is 304 cm³/mol. The van der Waals surface area contributed by atoms with Crippen LogP contribution in [0, 0.1) is 0 Å². The molecule has 1 heterocycles. The van der Waals surface area contributed by atoms with E-state index in [1.165, 1.54) is 11.8 Å². The first-order valence-corrected chi connectivity index (χ1v) is 28.0. The molecule has 454 valence electrons. The summed E-state index contributed by atoms with van der Waals surface area (Å²) in [6.07, 6.45) is -0.327. The van der Waals surface area contributed by atoms with Crippen LogP contribution in [0.15, 0.2) is 91.1 Å². The lowest BCUT2D eigenvalue weighted by Gasteiger charge is -2.27. The number of primary amides is 2. The Kier molecular flexibility index (Phi) is 27.8. The van der Waals surface area contributed by atoms with Crippen LogP contribution in [-0.4, -0.2) is 176 Å². The second-order valence-electron chi connectivity index (χ2n) is 19.5. The number of hydrogen-bond donors (Lipinski definition) is 16. The number of nitrogens with one attached hydrogen (secondary N) is 9. The molecule has 0 aliphatic rings. The fourth-order valence-corrected chi connectivity index (χ4v) is 8.93. The van der Waals surface area contributed by atoms with Gasteiger partial charge >= 0.3 is 11.9 Å². The molecule has 4 rings (SSSR count). The molecule has 84 heavy (non-hydrogen) atoms. The lowest BCUT2D eigenvalue weighted by molar-refractivity contribution is -0.142. The van der Waals surface area contributed by atoms with Crippen molar-refractivity contribution >= 4 is 93.7 Å². The lowest BCUT2D eigenvalue weighted by Crippen LogP contribution is -2.61. The quantitative estimate of drug-likeness (QED) is 0.0209. The van der Waals surface area contributed by atoms with E-state index in [0.29, 0.717) is 33.3 Å². The van der Waals surface area contributed by atoms with Gasteiger partial charge in [0, 0.05) is 49.2 Å². The number of aliphatic carboxylic acids is 2. The Morgan fingerprint density at radius 2 is 0.845 bits per heavy atom. The molecular formula is C55H72N12O16S. The van der Waals surface area contributed by atoms with Crippen LogP contribution < -0.4 is 59.7 Å². The van der Waals surface area contributed by atoms with Gasteiger partial charge in [-0.3, -0.25) is 52.7 Å². The monoisotopic (exact) mass is 1190 g/mol. The number of aromatic nitrogens is 1. The molecule has 0 bridgehead atoms. The summed E-state index contributed by atoms with van der Waals surface area (Å²) in [5.41, 5.74) is 19.4. The first-order chi connectivity index (χ1) is 40.0. The van der Waals surface area contributed by atoms with Crippen LogP contribution in [0.3, 0.4) is 0 Å². The number of carboxylic acid groups (broad SMARTS) is 2. The van der Waals surface area contributed by atoms with Crippen LogP contribution in [0.5, 0.6) is 0 Å². The van der Waals surface area contributed by atoms with Crippen LogP contribution in [0.4, 0.5) is 0 Å². The van der Waals surface area contributed by atoms with Gasteiger partial charge in [-0.2, -0.15) is 11.8 Å². The van der Waals surface area contributed by atoms with Crippen molar-refractivity contribution in [1.82, 2.24) is 47.5 Å². The molecule has 29 heteroatoms. The van der Waals surface area contributed by atoms with Crippen LogP contribution in [0.25, 0.3) is 10.9 Å². The number of rotatable bonds is 37. The number of aliphatic hydroxyl groups excluding tert-OH is 2. The van der Waals surface area contributed by atoms with Crippen LogP contribution in [0.2, 0.25) is 0 Å². The van der Waals surface area contributed by atoms with E-state index in [0.717, 1.165) is 0 Å². The van der Waals surface area contributed by atoms with Crippen molar-refractivity contribution in [2.75, 3.05) is 25.2 Å². The number of carbonyl (C=O) groups excluding carboxylic acids is 10. The minimum atomic E-state index is -1.94. The van der Waals surface area contributed by atoms with E-state index in [1.807, 2.05) is 0 Å². The zero-order valence-electron chi connectivity index (χ0n) is 45.9. The van der Waals surface area contributed by atoms with Gasteiger partial charge < -0.3 is 85.1 Å². The summed E-state index contributed by atoms with van der Waals surface area (Å²) in [4.78, 5) is 162. The Labute approximate surface area is 486 Å². The van der Waals surface area contributed by atoms with Gasteiger partial charge in [0.05, 0.1) is 19.3 Å². The van der Waals surface area contributed by atoms with Gasteiger partial charge in [-0.05, 0) is 66.9 Å². The maximum Gasteiger partial charge on any atom is 0.326 e. The Morgan fingerprint density at radius 3 is 1.30 bits per heavy atom. The highest BCUT2D eigenvalue weighted by Crippen LogP contribution is 2.20. The summed E-state index contributed by atoms with van der Waals surface area (Å²) in [6.45, 7) is -2.26. The first kappa shape index (κ1) is 67.6. The molecule has 4 aromatic rings. The zero-order chi connectivity index (χ0) is 61.9. The van der Waals surface area contributed by atoms with Crippen molar-refractivity contribution < 1.29 is 78.0 Å². The van der Waals surface area contributed by atoms with Crippen molar-refractivity contribution in [3.63, 3.8) is 0 Å². The van der Waals surface area contributed by atoms with E-state index in [9.17, 15) is 78.0 Å². The Bertz CT molecular complexity index is 2930. The third-order valence-electron chi connectivity index (χ3n) is 13.0. The average molecular weight is 1190 g/mol. The number of fused-ring (bicyclic) bond motifs is 1. The van der Waals surface area contributed by atoms with Gasteiger partial charge in [0.2, 0.25) is 59.1 Å². The van der Waals surface area contributed by atoms with Crippen molar-refractivity contribution in [1.29, 1.82) is 0 Å². The molecule has 0 radical (unpaired) electrons. The summed E-state index contributed by atoms with van der Waals surface area (Å²) in [7, 11) is 0. The number of aromatic amines is 1. The van der Waals surface area contributed by atoms with Crippen LogP contribution in [0.1, 0.15) is 61.6 Å². The van der Waals surface area contributed by atoms with Crippen molar-refractivity contribution in [3.8, 4) is 0 Å². The van der Waals surface area contributed by atoms with Crippen LogP contribution >= 0.6 is 11.8 Å². The topological polar surface area (TPSA) is 476 Å². The molecule has 0 aliphatic heterocycles. The molecule has 0 fully saturated rings. The molecule has 0 saturated heterocycles. The number of carbonyl (C=O) groups is 12. The number of para-hydroxylation sites is 1. The van der Waals surface area contributed by atoms with E-state index in [-0.39, 0.29) is 25.7 Å². The SMILES string of the molecule is CSCC[C@H](NC(=O)[C@H](Cc1ccccc1)NC(=O)[C@H](CO)NC(=O)[C@H](CO)NC(=O)[C@H](CCC(N)=O)NC(=O)[C@H](CCC(N)=O)NC(=O)[C@H](Cc1c[nH]c2ccccc12)NC(=O)[C@H](CCC(=O)O)NC(=O)[C@@H](N)Cc1ccccc1)C(=O)O. The molecule has 3 aromatic carbocycles. The van der Waals surface area contributed by atoms with Crippen molar-refractivity contribution in [3.05, 3.63) is 108 Å². The van der Waals surface area contributed by atoms with E-state index in [2.05, 4.69) is 47.5 Å². The van der Waals surface area contributed by atoms with Crippen LogP contribution in [-0.2, 0) is 76.8 Å². The molecule has 28 nitrogen and oxygen atoms in total. The highest BCUT2D eigenvalue weighted by Gasteiger charge is 2.36. The summed E-state index contributed by atoms with van der Waals surface area (Å²) < 4.78 is 0. The average Bonchev–Trinajstić information content (AvgIpc) is 4.05. The van der Waals surface area contributed by atoms with Gasteiger partial charge in [-0.25, -0.2) is 4.79 Å². The largest absolute Gasteiger partial charge is 0.481 e. The van der Waals surface area contributed by atoms with Crippen molar-refractivity contribution in [2.45, 2.75) is 119 Å². The van der Waals surface area contributed by atoms with Gasteiger partial charge in [-0.15, -0.1) is 0 Å². The highest BCUT2D eigenvalue weighted by atomic mass is 32.2. The third kappa shape index (κ3) is 22.4. The van der Waals surface area contributed by atoms with E-state index < -0.39 is 177 Å². The Morgan fingerprint density at radius 1 is 0.464 bits per heavy atom. The summed E-state index contributed by atoms with van der Waals surface area (Å²) in [5.74, 6) is -12.8. The molecule has 10 amide bonds. The number of thioether (sulfide) groups is 1. The number of aliphatic hydroxyl groups is 2. The van der Waals surface area contributed by atoms with Gasteiger partial charge in [-0.1, -0.05) is 78.9 Å². The van der Waals surface area contributed by atoms with Gasteiger partial charge in [0.1, 0.15) is 48.3 Å². The number of carboxylic acids is 2. The number of hydrogen-bond acceptors (Lipinski definition) is 16. The maximum atomic E-state index is 14.5. The maximum absolute atomic E-state index is 14.5. The van der Waals surface area contributed by atoms with E-state index in [1.54, 1.807) is 97.4 Å². The molecule has 0 spiro atoms. The summed E-state index contributed by atoms with van der Waals surface area (Å²) in [5, 5.41) is 59.5. The van der Waals surface area contributed by atoms with Crippen molar-refractivity contribution in [2.24, 2.45) is 17.2 Å². The highest BCUT2D eigenvalue weighted by molar-refractivity contribution is 7.98. The molecule has 19 N–H and O–H groups in total. The standard InChI is InChI=1S/C55H72N12O16S/c1-84-23-22-39(55(82)83)63-51(78)40(25-31-12-6-3-7-13-31)64-53(80)42(28-68)67-54(81)43(29-69)66-50(77)37(17-20-45(58)71)61-48(75)36(16-19-44(57)70)62-52(79)41(26-32-27-59-35-15-9-8-14-33(32)35)65-49(76)38(18-21-46(72)73)60-47(74)34(56)24-30-10-4-2-5-11-30/h2-15,27,34,36-43,59,68-69H,16-26,28-29,56H2,1H3,(H2,57,70)(H2,58,71)(H,60,74)(H,61,75)(H,62,79)(H,63,78)(H,64,80)(H,65,76)(H,66,77)(H,67,81)(H,72,73)(H,82,83)/t34-,36-,37-,38-,39-,40-,41-,42-,43-/m0/s1. The molecule has 1 aromatic heterocycles. The Hall–Kier alpha value is -8.93. The van der Waals surface area contributed by atoms with Gasteiger partial charge in [0.25, 0.3) is 0 Å². The second-order valence-corrected chi connectivity index (χ2v) is 20.5. The molecular weight excluding hydrogens is 1120 g/mol. The van der Waals surface area contributed by atoms with E-state index in [4.69, 9.17) is 17.2 Å². The van der Waals surface area contributed by atoms with E-state index >= 15 is 0 Å². The fraction of sp³-hybridized carbons (Fsp3) is 0.418. The zero-order valence-corrected chi connectivity index (χ0v) is 46.7. The Balaban J connectivity index is 1.57. The normalized spacial score (nSPS) is 14.2. The number of H-pyrrole nitrogens is 1. The number of benzene rings is 3. The minimum absolute atomic E-state index is 0.0452. The summed E-state index contributed by atoms with van der Waals surface area (Å²) >= 11 is 1.34.